The number of allylic oxidation sites excluding steroid dienone is 2. The molecule has 10 nitrogen and oxygen atoms in total. The van der Waals surface area contributed by atoms with E-state index in [-0.39, 0.29) is 10.6 Å². The summed E-state index contributed by atoms with van der Waals surface area (Å²) in [5, 5.41) is 7.39. The Balaban J connectivity index is 1.51. The summed E-state index contributed by atoms with van der Waals surface area (Å²) < 4.78 is 27.5. The number of sulfonamides is 1. The number of likely N-dealkylation sites (tertiary alicyclic amines) is 1. The number of nitrogens with two attached hydrogens (primary N) is 1. The van der Waals surface area contributed by atoms with E-state index in [9.17, 15) is 27.6 Å². The Kier molecular flexibility index (Phi) is 5.80. The molecular formula is C18H19N3O7S. The van der Waals surface area contributed by atoms with Crippen molar-refractivity contribution in [3.63, 3.8) is 0 Å². The summed E-state index contributed by atoms with van der Waals surface area (Å²) in [6, 6.07) is 5.25. The topological polar surface area (TPSA) is 153 Å². The fraction of sp³-hybridized carbons (Fsp3) is 0.333. The fourth-order valence-electron chi connectivity index (χ4n) is 3.29. The Morgan fingerprint density at radius 3 is 2.34 bits per heavy atom. The van der Waals surface area contributed by atoms with Crippen LogP contribution in [0.15, 0.2) is 41.3 Å². The quantitative estimate of drug-likeness (QED) is 0.365. The van der Waals surface area contributed by atoms with Crippen molar-refractivity contribution >= 4 is 39.4 Å². The summed E-state index contributed by atoms with van der Waals surface area (Å²) in [4.78, 5) is 49.2. The third-order valence-corrected chi connectivity index (χ3v) is 5.61. The molecule has 2 atom stereocenters. The molecular weight excluding hydrogens is 402 g/mol. The van der Waals surface area contributed by atoms with Gasteiger partial charge in [-0.3, -0.25) is 24.1 Å². The number of nitrogens with zero attached hydrogens (tertiary/aromatic N) is 1. The maximum absolute atomic E-state index is 12.3. The predicted octanol–water partition coefficient (Wildman–Crippen LogP) is -0.233. The summed E-state index contributed by atoms with van der Waals surface area (Å²) in [6.07, 6.45) is 4.59. The first-order valence-corrected chi connectivity index (χ1v) is 10.3. The molecule has 0 saturated carbocycles. The Morgan fingerprint density at radius 2 is 1.76 bits per heavy atom. The lowest BCUT2D eigenvalue weighted by Crippen LogP contribution is -2.37. The number of ether oxygens (including phenoxy) is 1. The zero-order chi connectivity index (χ0) is 21.2. The first-order chi connectivity index (χ1) is 13.7. The van der Waals surface area contributed by atoms with Crippen molar-refractivity contribution in [2.24, 2.45) is 17.0 Å². The van der Waals surface area contributed by atoms with Crippen molar-refractivity contribution < 1.29 is 32.3 Å². The molecule has 0 radical (unpaired) electrons. The maximum atomic E-state index is 12.3. The lowest BCUT2D eigenvalue weighted by atomic mass is 9.85. The number of carbonyl (C=O) groups is 4. The monoisotopic (exact) mass is 421 g/mol. The molecule has 0 aromatic heterocycles. The number of hydrogen-bond acceptors (Lipinski definition) is 7. The van der Waals surface area contributed by atoms with Gasteiger partial charge in [-0.15, -0.1) is 0 Å². The van der Waals surface area contributed by atoms with Crippen molar-refractivity contribution in [2.45, 2.75) is 17.7 Å². The molecule has 154 valence electrons. The Labute approximate surface area is 166 Å². The minimum atomic E-state index is -3.93. The van der Waals surface area contributed by atoms with Crippen molar-refractivity contribution in [3.8, 4) is 0 Å². The van der Waals surface area contributed by atoms with Gasteiger partial charge in [0, 0.05) is 5.69 Å². The summed E-state index contributed by atoms with van der Waals surface area (Å²) in [6.45, 7) is -1.22. The smallest absolute Gasteiger partial charge is 0.326 e. The van der Waals surface area contributed by atoms with Crippen LogP contribution in [0.4, 0.5) is 5.69 Å². The largest absolute Gasteiger partial charge is 0.454 e. The van der Waals surface area contributed by atoms with Crippen molar-refractivity contribution in [1.29, 1.82) is 0 Å². The summed E-state index contributed by atoms with van der Waals surface area (Å²) in [7, 11) is -3.93. The molecule has 2 aliphatic rings. The van der Waals surface area contributed by atoms with E-state index in [1.54, 1.807) is 0 Å². The van der Waals surface area contributed by atoms with Gasteiger partial charge in [0.2, 0.25) is 21.8 Å². The minimum absolute atomic E-state index is 0.152. The highest BCUT2D eigenvalue weighted by Crippen LogP contribution is 2.34. The van der Waals surface area contributed by atoms with E-state index in [0.29, 0.717) is 12.8 Å². The lowest BCUT2D eigenvalue weighted by molar-refractivity contribution is -0.154. The average Bonchev–Trinajstić information content (AvgIpc) is 2.91. The van der Waals surface area contributed by atoms with Crippen molar-refractivity contribution in [2.75, 3.05) is 18.5 Å². The van der Waals surface area contributed by atoms with Gasteiger partial charge in [-0.1, -0.05) is 18.2 Å². The SMILES string of the molecule is NS(=O)(=O)c1cccc(NC(=O)COC(=O)CN2C(=O)[C@@H]3CC=CC[C@H]3C2=O)c1. The van der Waals surface area contributed by atoms with Crippen LogP contribution in [-0.2, 0) is 33.9 Å². The van der Waals surface area contributed by atoms with Gasteiger partial charge in [-0.05, 0) is 31.0 Å². The number of esters is 1. The summed E-state index contributed by atoms with van der Waals surface area (Å²) in [5.74, 6) is -3.34. The minimum Gasteiger partial charge on any atom is -0.454 e. The number of amides is 3. The first kappa shape index (κ1) is 20.7. The molecule has 1 heterocycles. The van der Waals surface area contributed by atoms with E-state index in [4.69, 9.17) is 9.88 Å². The third kappa shape index (κ3) is 4.69. The Bertz CT molecular complexity index is 976. The highest BCUT2D eigenvalue weighted by molar-refractivity contribution is 7.89. The molecule has 0 unspecified atom stereocenters. The number of anilines is 1. The number of nitrogens with one attached hydrogen (secondary N) is 1. The zero-order valence-corrected chi connectivity index (χ0v) is 16.1. The molecule has 3 rings (SSSR count). The van der Waals surface area contributed by atoms with E-state index >= 15 is 0 Å². The summed E-state index contributed by atoms with van der Waals surface area (Å²) in [5.41, 5.74) is 0.152. The van der Waals surface area contributed by atoms with Crippen LogP contribution >= 0.6 is 0 Å². The van der Waals surface area contributed by atoms with E-state index in [1.807, 2.05) is 12.2 Å². The van der Waals surface area contributed by atoms with Gasteiger partial charge in [0.15, 0.2) is 6.61 Å². The molecule has 3 N–H and O–H groups in total. The van der Waals surface area contributed by atoms with Gasteiger partial charge >= 0.3 is 5.97 Å². The van der Waals surface area contributed by atoms with Crippen molar-refractivity contribution in [3.05, 3.63) is 36.4 Å². The van der Waals surface area contributed by atoms with Crippen LogP contribution in [0.5, 0.6) is 0 Å². The van der Waals surface area contributed by atoms with Gasteiger partial charge in [-0.25, -0.2) is 13.6 Å². The highest BCUT2D eigenvalue weighted by Gasteiger charge is 2.47. The molecule has 1 aromatic rings. The zero-order valence-electron chi connectivity index (χ0n) is 15.2. The van der Waals surface area contributed by atoms with Crippen LogP contribution in [0.2, 0.25) is 0 Å². The standard InChI is InChI=1S/C18H19N3O7S/c19-29(26,27)12-5-3-4-11(8-12)20-15(22)10-28-16(23)9-21-17(24)13-6-1-2-7-14(13)18(21)25/h1-5,8,13-14H,6-7,9-10H2,(H,20,22)(H2,19,26,27)/t13-,14-/m1/s1. The van der Waals surface area contributed by atoms with E-state index < -0.39 is 58.7 Å². The third-order valence-electron chi connectivity index (χ3n) is 4.70. The molecule has 3 amide bonds. The van der Waals surface area contributed by atoms with Gasteiger partial charge in [0.1, 0.15) is 6.54 Å². The highest BCUT2D eigenvalue weighted by atomic mass is 32.2. The molecule has 0 spiro atoms. The number of imide groups is 1. The number of rotatable bonds is 6. The lowest BCUT2D eigenvalue weighted by Gasteiger charge is -2.14. The average molecular weight is 421 g/mol. The van der Waals surface area contributed by atoms with Gasteiger partial charge in [-0.2, -0.15) is 0 Å². The molecule has 29 heavy (non-hydrogen) atoms. The molecule has 1 aliphatic heterocycles. The molecule has 1 aliphatic carbocycles. The van der Waals surface area contributed by atoms with Crippen LogP contribution in [0, 0.1) is 11.8 Å². The van der Waals surface area contributed by atoms with Gasteiger partial charge in [0.25, 0.3) is 5.91 Å². The van der Waals surface area contributed by atoms with Crippen LogP contribution in [0.1, 0.15) is 12.8 Å². The van der Waals surface area contributed by atoms with E-state index in [0.717, 1.165) is 11.0 Å². The Morgan fingerprint density at radius 1 is 1.14 bits per heavy atom. The number of benzene rings is 1. The van der Waals surface area contributed by atoms with Crippen LogP contribution < -0.4 is 10.5 Å². The number of fused-ring (bicyclic) bond motifs is 1. The normalized spacial score (nSPS) is 21.1. The summed E-state index contributed by atoms with van der Waals surface area (Å²) >= 11 is 0. The second-order valence-corrected chi connectivity index (χ2v) is 8.26. The number of hydrogen-bond donors (Lipinski definition) is 2. The Hall–Kier alpha value is -3.05. The molecule has 1 saturated heterocycles. The number of carbonyl (C=O) groups excluding carboxylic acids is 4. The van der Waals surface area contributed by atoms with Crippen LogP contribution in [0.3, 0.4) is 0 Å². The number of primary sulfonamides is 1. The predicted molar refractivity (Wildman–Crippen MR) is 99.5 cm³/mol. The maximum Gasteiger partial charge on any atom is 0.326 e. The fourth-order valence-corrected chi connectivity index (χ4v) is 3.85. The second kappa shape index (κ2) is 8.13. The first-order valence-electron chi connectivity index (χ1n) is 8.75. The van der Waals surface area contributed by atoms with E-state index in [2.05, 4.69) is 5.32 Å². The van der Waals surface area contributed by atoms with Crippen LogP contribution in [0.25, 0.3) is 0 Å². The molecule has 1 fully saturated rings. The van der Waals surface area contributed by atoms with Crippen molar-refractivity contribution in [1.82, 2.24) is 4.90 Å². The second-order valence-electron chi connectivity index (χ2n) is 6.70. The molecule has 0 bridgehead atoms. The molecule has 11 heteroatoms. The molecule has 1 aromatic carbocycles. The van der Waals surface area contributed by atoms with Gasteiger partial charge in [0.05, 0.1) is 16.7 Å². The van der Waals surface area contributed by atoms with Gasteiger partial charge < -0.3 is 10.1 Å². The van der Waals surface area contributed by atoms with E-state index in [1.165, 1.54) is 18.2 Å². The van der Waals surface area contributed by atoms with Crippen LogP contribution in [-0.4, -0.2) is 50.2 Å².